The van der Waals surface area contributed by atoms with Crippen LogP contribution >= 0.6 is 0 Å². The number of carbonyl (C=O) groups is 1. The second-order valence-electron chi connectivity index (χ2n) is 6.17. The molecule has 0 aromatic heterocycles. The van der Waals surface area contributed by atoms with Crippen LogP contribution in [0, 0.1) is 0 Å². The van der Waals surface area contributed by atoms with Gasteiger partial charge in [-0.1, -0.05) is 0 Å². The van der Waals surface area contributed by atoms with Gasteiger partial charge in [0.1, 0.15) is 5.54 Å². The van der Waals surface area contributed by atoms with Gasteiger partial charge in [-0.3, -0.25) is 15.0 Å². The lowest BCUT2D eigenvalue weighted by Crippen LogP contribution is -2.53. The molecule has 1 saturated carbocycles. The molecule has 0 saturated heterocycles. The minimum atomic E-state index is -4.24. The van der Waals surface area contributed by atoms with E-state index in [2.05, 4.69) is 5.32 Å². The van der Waals surface area contributed by atoms with Crippen LogP contribution in [0.3, 0.4) is 0 Å². The number of hydrogen-bond acceptors (Lipinski definition) is 4. The van der Waals surface area contributed by atoms with Crippen molar-refractivity contribution in [2.45, 2.75) is 63.8 Å². The smallest absolute Gasteiger partial charge is 0.401 e. The zero-order valence-electron chi connectivity index (χ0n) is 13.1. The van der Waals surface area contributed by atoms with Gasteiger partial charge in [0.2, 0.25) is 0 Å². The summed E-state index contributed by atoms with van der Waals surface area (Å²) < 4.78 is 42.5. The van der Waals surface area contributed by atoms with E-state index in [1.54, 1.807) is 20.8 Å². The Kier molecular flexibility index (Phi) is 6.04. The Morgan fingerprint density at radius 2 is 1.95 bits per heavy atom. The fraction of sp³-hybridized carbons (Fsp3) is 0.929. The van der Waals surface area contributed by atoms with E-state index in [-0.39, 0.29) is 25.0 Å². The van der Waals surface area contributed by atoms with Crippen LogP contribution in [-0.2, 0) is 9.53 Å². The van der Waals surface area contributed by atoms with Gasteiger partial charge in [-0.15, -0.1) is 0 Å². The molecule has 0 heterocycles. The Morgan fingerprint density at radius 1 is 1.38 bits per heavy atom. The van der Waals surface area contributed by atoms with Gasteiger partial charge in [0.15, 0.2) is 0 Å². The zero-order valence-corrected chi connectivity index (χ0v) is 13.1. The lowest BCUT2D eigenvalue weighted by atomic mass is 9.97. The van der Waals surface area contributed by atoms with Crippen molar-refractivity contribution < 1.29 is 22.7 Å². The SMILES string of the molecule is COC(=O)C(C)(CCN(CC(F)(F)F)C(C)C)NC1CC1. The molecule has 124 valence electrons. The van der Waals surface area contributed by atoms with E-state index in [1.165, 1.54) is 12.0 Å². The Bertz CT molecular complexity index is 357. The Labute approximate surface area is 124 Å². The molecule has 0 radical (unpaired) electrons. The second kappa shape index (κ2) is 6.96. The topological polar surface area (TPSA) is 41.6 Å². The van der Waals surface area contributed by atoms with Crippen LogP contribution in [0.2, 0.25) is 0 Å². The van der Waals surface area contributed by atoms with E-state index >= 15 is 0 Å². The van der Waals surface area contributed by atoms with Gasteiger partial charge in [-0.25, -0.2) is 0 Å². The highest BCUT2D eigenvalue weighted by Gasteiger charge is 2.40. The van der Waals surface area contributed by atoms with Crippen molar-refractivity contribution in [2.24, 2.45) is 0 Å². The van der Waals surface area contributed by atoms with E-state index in [0.29, 0.717) is 0 Å². The average Bonchev–Trinajstić information content (AvgIpc) is 3.15. The van der Waals surface area contributed by atoms with Crippen LogP contribution in [0.1, 0.15) is 40.0 Å². The lowest BCUT2D eigenvalue weighted by Gasteiger charge is -2.33. The third-order valence-corrected chi connectivity index (χ3v) is 3.75. The molecule has 0 spiro atoms. The molecule has 4 nitrogen and oxygen atoms in total. The minimum Gasteiger partial charge on any atom is -0.468 e. The summed E-state index contributed by atoms with van der Waals surface area (Å²) in [6.45, 7) is 4.35. The molecule has 1 unspecified atom stereocenters. The Balaban J connectivity index is 2.66. The molecule has 0 amide bonds. The third-order valence-electron chi connectivity index (χ3n) is 3.75. The predicted molar refractivity (Wildman–Crippen MR) is 74.0 cm³/mol. The maximum absolute atomic E-state index is 12.6. The molecule has 0 aliphatic heterocycles. The number of nitrogens with zero attached hydrogens (tertiary/aromatic N) is 1. The summed E-state index contributed by atoms with van der Waals surface area (Å²) in [6, 6.07) is 0.0265. The normalized spacial score (nSPS) is 18.9. The molecule has 0 aromatic rings. The number of methoxy groups -OCH3 is 1. The maximum Gasteiger partial charge on any atom is 0.401 e. The van der Waals surface area contributed by atoms with Gasteiger partial charge in [-0.2, -0.15) is 13.2 Å². The summed E-state index contributed by atoms with van der Waals surface area (Å²) in [5.74, 6) is -0.426. The largest absolute Gasteiger partial charge is 0.468 e. The standard InChI is InChI=1S/C14H25F3N2O2/c1-10(2)19(9-14(15,16)17)8-7-13(3,12(20)21-4)18-11-5-6-11/h10-11,18H,5-9H2,1-4H3. The molecule has 0 bridgehead atoms. The van der Waals surface area contributed by atoms with E-state index in [0.717, 1.165) is 12.8 Å². The van der Waals surface area contributed by atoms with Gasteiger partial charge in [0.25, 0.3) is 0 Å². The Morgan fingerprint density at radius 3 is 2.33 bits per heavy atom. The van der Waals surface area contributed by atoms with Crippen LogP contribution in [0.25, 0.3) is 0 Å². The summed E-state index contributed by atoms with van der Waals surface area (Å²) in [7, 11) is 1.30. The fourth-order valence-corrected chi connectivity index (χ4v) is 2.25. The molecular weight excluding hydrogens is 285 g/mol. The first-order valence-corrected chi connectivity index (χ1v) is 7.24. The van der Waals surface area contributed by atoms with E-state index in [9.17, 15) is 18.0 Å². The van der Waals surface area contributed by atoms with Crippen molar-refractivity contribution >= 4 is 5.97 Å². The zero-order chi connectivity index (χ0) is 16.3. The van der Waals surface area contributed by atoms with E-state index < -0.39 is 24.2 Å². The maximum atomic E-state index is 12.6. The number of nitrogens with one attached hydrogen (secondary N) is 1. The van der Waals surface area contributed by atoms with E-state index in [1.807, 2.05) is 0 Å². The third kappa shape index (κ3) is 6.22. The highest BCUT2D eigenvalue weighted by Crippen LogP contribution is 2.26. The first kappa shape index (κ1) is 18.2. The first-order valence-electron chi connectivity index (χ1n) is 7.24. The minimum absolute atomic E-state index is 0.183. The van der Waals surface area contributed by atoms with Crippen LogP contribution in [0.5, 0.6) is 0 Å². The van der Waals surface area contributed by atoms with Gasteiger partial charge in [0.05, 0.1) is 13.7 Å². The van der Waals surface area contributed by atoms with Gasteiger partial charge in [0, 0.05) is 18.6 Å². The number of ether oxygens (including phenoxy) is 1. The van der Waals surface area contributed by atoms with Crippen LogP contribution in [0.15, 0.2) is 0 Å². The van der Waals surface area contributed by atoms with Crippen molar-refractivity contribution in [3.63, 3.8) is 0 Å². The predicted octanol–water partition coefficient (Wildman–Crippen LogP) is 2.33. The quantitative estimate of drug-likeness (QED) is 0.699. The molecule has 0 aromatic carbocycles. The lowest BCUT2D eigenvalue weighted by molar-refractivity contribution is -0.153. The highest BCUT2D eigenvalue weighted by atomic mass is 19.4. The summed E-state index contributed by atoms with van der Waals surface area (Å²) in [6.07, 6.45) is -1.98. The van der Waals surface area contributed by atoms with Crippen molar-refractivity contribution in [1.29, 1.82) is 0 Å². The van der Waals surface area contributed by atoms with Gasteiger partial charge in [-0.05, 0) is 40.0 Å². The molecule has 1 aliphatic carbocycles. The number of carbonyl (C=O) groups excluding carboxylic acids is 1. The molecule has 7 heteroatoms. The van der Waals surface area contributed by atoms with Crippen LogP contribution in [-0.4, -0.2) is 54.9 Å². The fourth-order valence-electron chi connectivity index (χ4n) is 2.25. The molecule has 1 N–H and O–H groups in total. The van der Waals surface area contributed by atoms with Gasteiger partial charge < -0.3 is 4.74 Å². The molecule has 1 fully saturated rings. The summed E-state index contributed by atoms with van der Waals surface area (Å²) >= 11 is 0. The molecule has 1 atom stereocenters. The molecular formula is C14H25F3N2O2. The second-order valence-corrected chi connectivity index (χ2v) is 6.17. The molecule has 21 heavy (non-hydrogen) atoms. The van der Waals surface area contributed by atoms with E-state index in [4.69, 9.17) is 4.74 Å². The summed E-state index contributed by atoms with van der Waals surface area (Å²) in [4.78, 5) is 13.3. The van der Waals surface area contributed by atoms with Crippen molar-refractivity contribution in [3.05, 3.63) is 0 Å². The molecule has 1 rings (SSSR count). The highest BCUT2D eigenvalue weighted by molar-refractivity contribution is 5.80. The number of halogens is 3. The number of alkyl halides is 3. The molecule has 1 aliphatic rings. The summed E-state index contributed by atoms with van der Waals surface area (Å²) in [5.41, 5.74) is -0.936. The van der Waals surface area contributed by atoms with Crippen molar-refractivity contribution in [1.82, 2.24) is 10.2 Å². The van der Waals surface area contributed by atoms with Crippen LogP contribution < -0.4 is 5.32 Å². The van der Waals surface area contributed by atoms with Crippen molar-refractivity contribution in [3.8, 4) is 0 Å². The van der Waals surface area contributed by atoms with Crippen molar-refractivity contribution in [2.75, 3.05) is 20.2 Å². The number of rotatable bonds is 8. The monoisotopic (exact) mass is 310 g/mol. The summed E-state index contributed by atoms with van der Waals surface area (Å²) in [5, 5.41) is 3.19. The number of hydrogen-bond donors (Lipinski definition) is 1. The van der Waals surface area contributed by atoms with Gasteiger partial charge >= 0.3 is 12.1 Å². The first-order chi connectivity index (χ1) is 9.57. The average molecular weight is 310 g/mol. The Hall–Kier alpha value is -0.820. The number of esters is 1. The van der Waals surface area contributed by atoms with Crippen LogP contribution in [0.4, 0.5) is 13.2 Å².